The van der Waals surface area contributed by atoms with Gasteiger partial charge in [0.05, 0.1) is 0 Å². The van der Waals surface area contributed by atoms with E-state index < -0.39 is 11.9 Å². The molecule has 3 N–H and O–H groups in total. The molecule has 2 nitrogen and oxygen atoms in total. The van der Waals surface area contributed by atoms with Crippen molar-refractivity contribution in [3.05, 3.63) is 41.1 Å². The number of nitrogens with one attached hydrogen (secondary N) is 1. The zero-order valence-electron chi connectivity index (χ0n) is 8.60. The Morgan fingerprint density at radius 3 is 2.12 bits per heavy atom. The molecule has 86 valence electrons. The lowest BCUT2D eigenvalue weighted by Gasteiger charge is -2.11. The van der Waals surface area contributed by atoms with Gasteiger partial charge < -0.3 is 11.1 Å². The van der Waals surface area contributed by atoms with E-state index >= 15 is 0 Å². The van der Waals surface area contributed by atoms with Crippen molar-refractivity contribution < 1.29 is 13.2 Å². The van der Waals surface area contributed by atoms with Crippen molar-refractivity contribution in [1.29, 1.82) is 5.41 Å². The van der Waals surface area contributed by atoms with Crippen LogP contribution in [0, 0.1) is 12.3 Å². The van der Waals surface area contributed by atoms with Gasteiger partial charge in [0.25, 0.3) is 0 Å². The maximum absolute atomic E-state index is 12.4. The molecule has 0 atom stereocenters. The molecule has 0 unspecified atom stereocenters. The molecular formula is C11H11F3N2. The Balaban J connectivity index is 3.27. The average molecular weight is 228 g/mol. The van der Waals surface area contributed by atoms with Crippen LogP contribution in [0.25, 0.3) is 5.57 Å². The van der Waals surface area contributed by atoms with Crippen LogP contribution in [0.15, 0.2) is 30.0 Å². The van der Waals surface area contributed by atoms with Gasteiger partial charge in [-0.3, -0.25) is 0 Å². The molecule has 5 heteroatoms. The first-order valence-electron chi connectivity index (χ1n) is 4.50. The van der Waals surface area contributed by atoms with E-state index in [4.69, 9.17) is 11.1 Å². The topological polar surface area (TPSA) is 49.9 Å². The predicted octanol–water partition coefficient (Wildman–Crippen LogP) is 2.88. The van der Waals surface area contributed by atoms with Crippen LogP contribution in [-0.2, 0) is 0 Å². The summed E-state index contributed by atoms with van der Waals surface area (Å²) in [4.78, 5) is 0. The van der Waals surface area contributed by atoms with Crippen molar-refractivity contribution >= 4 is 11.8 Å². The fourth-order valence-corrected chi connectivity index (χ4v) is 1.20. The van der Waals surface area contributed by atoms with E-state index in [-0.39, 0.29) is 11.1 Å². The summed E-state index contributed by atoms with van der Waals surface area (Å²) < 4.78 is 37.1. The number of alkyl halides is 3. The summed E-state index contributed by atoms with van der Waals surface area (Å²) in [5.41, 5.74) is 4.64. The summed E-state index contributed by atoms with van der Waals surface area (Å²) in [7, 11) is 0. The molecule has 0 fully saturated rings. The first kappa shape index (κ1) is 12.3. The second-order valence-corrected chi connectivity index (χ2v) is 3.34. The van der Waals surface area contributed by atoms with Gasteiger partial charge in [0.15, 0.2) is 0 Å². The Bertz CT molecular complexity index is 416. The van der Waals surface area contributed by atoms with E-state index in [1.807, 2.05) is 6.92 Å². The molecule has 0 aliphatic heterocycles. The molecule has 0 saturated heterocycles. The van der Waals surface area contributed by atoms with E-state index in [0.29, 0.717) is 6.21 Å². The van der Waals surface area contributed by atoms with Crippen LogP contribution >= 0.6 is 0 Å². The molecule has 16 heavy (non-hydrogen) atoms. The quantitative estimate of drug-likeness (QED) is 0.751. The van der Waals surface area contributed by atoms with Crippen LogP contribution in [0.3, 0.4) is 0 Å². The van der Waals surface area contributed by atoms with Gasteiger partial charge in [-0.25, -0.2) is 0 Å². The zero-order valence-corrected chi connectivity index (χ0v) is 8.60. The summed E-state index contributed by atoms with van der Waals surface area (Å²) in [6.45, 7) is 1.82. The predicted molar refractivity (Wildman–Crippen MR) is 57.1 cm³/mol. The summed E-state index contributed by atoms with van der Waals surface area (Å²) in [5.74, 6) is 0. The van der Waals surface area contributed by atoms with E-state index in [9.17, 15) is 13.2 Å². The highest BCUT2D eigenvalue weighted by atomic mass is 19.4. The van der Waals surface area contributed by atoms with Gasteiger partial charge in [-0.1, -0.05) is 29.8 Å². The van der Waals surface area contributed by atoms with Crippen LogP contribution in [0.2, 0.25) is 0 Å². The number of nitrogens with two attached hydrogens (primary N) is 1. The molecule has 0 spiro atoms. The Labute approximate surface area is 91.1 Å². The van der Waals surface area contributed by atoms with Crippen LogP contribution < -0.4 is 5.73 Å². The smallest absolute Gasteiger partial charge is 0.394 e. The van der Waals surface area contributed by atoms with Gasteiger partial charge in [-0.2, -0.15) is 13.2 Å². The number of hydrogen-bond acceptors (Lipinski definition) is 2. The second kappa shape index (κ2) is 4.38. The van der Waals surface area contributed by atoms with E-state index in [2.05, 4.69) is 0 Å². The van der Waals surface area contributed by atoms with Crippen molar-refractivity contribution in [2.45, 2.75) is 13.1 Å². The lowest BCUT2D eigenvalue weighted by atomic mass is 10.0. The van der Waals surface area contributed by atoms with Gasteiger partial charge in [0, 0.05) is 11.8 Å². The third kappa shape index (κ3) is 2.62. The molecule has 0 aromatic heterocycles. The Morgan fingerprint density at radius 2 is 1.75 bits per heavy atom. The van der Waals surface area contributed by atoms with E-state index in [0.717, 1.165) is 5.56 Å². The summed E-state index contributed by atoms with van der Waals surface area (Å²) in [6.07, 6.45) is -3.99. The van der Waals surface area contributed by atoms with Gasteiger partial charge >= 0.3 is 6.18 Å². The Kier molecular flexibility index (Phi) is 3.37. The van der Waals surface area contributed by atoms with Crippen LogP contribution in [-0.4, -0.2) is 12.4 Å². The minimum Gasteiger partial charge on any atom is -0.394 e. The fraction of sp³-hybridized carbons (Fsp3) is 0.182. The summed E-state index contributed by atoms with van der Waals surface area (Å²) in [5, 5.41) is 7.00. The highest BCUT2D eigenvalue weighted by Gasteiger charge is 2.34. The van der Waals surface area contributed by atoms with Crippen LogP contribution in [0.1, 0.15) is 11.1 Å². The van der Waals surface area contributed by atoms with Gasteiger partial charge in [0.2, 0.25) is 0 Å². The molecule has 0 heterocycles. The Hall–Kier alpha value is -1.78. The molecule has 1 aromatic rings. The molecule has 0 saturated carbocycles. The number of hydrogen-bond donors (Lipinski definition) is 2. The van der Waals surface area contributed by atoms with Crippen molar-refractivity contribution in [2.24, 2.45) is 5.73 Å². The Morgan fingerprint density at radius 1 is 1.25 bits per heavy atom. The lowest BCUT2D eigenvalue weighted by molar-refractivity contribution is -0.0918. The SMILES string of the molecule is Cc1ccc(C(C=N)=C(N)C(F)(F)F)cc1. The van der Waals surface area contributed by atoms with E-state index in [1.165, 1.54) is 12.1 Å². The zero-order chi connectivity index (χ0) is 12.3. The average Bonchev–Trinajstić information content (AvgIpc) is 2.20. The van der Waals surface area contributed by atoms with Gasteiger partial charge in [-0.15, -0.1) is 0 Å². The fourth-order valence-electron chi connectivity index (χ4n) is 1.20. The van der Waals surface area contributed by atoms with Gasteiger partial charge in [-0.05, 0) is 12.5 Å². The van der Waals surface area contributed by atoms with Gasteiger partial charge in [0.1, 0.15) is 5.70 Å². The molecular weight excluding hydrogens is 217 g/mol. The molecule has 1 aromatic carbocycles. The number of halogens is 3. The lowest BCUT2D eigenvalue weighted by Crippen LogP contribution is -2.21. The van der Waals surface area contributed by atoms with Crippen molar-refractivity contribution in [1.82, 2.24) is 0 Å². The number of aryl methyl sites for hydroxylation is 1. The molecule has 0 bridgehead atoms. The maximum atomic E-state index is 12.4. The molecule has 0 aliphatic carbocycles. The number of benzene rings is 1. The largest absolute Gasteiger partial charge is 0.431 e. The highest BCUT2D eigenvalue weighted by molar-refractivity contribution is 6.09. The van der Waals surface area contributed by atoms with Crippen molar-refractivity contribution in [3.8, 4) is 0 Å². The minimum absolute atomic E-state index is 0.287. The monoisotopic (exact) mass is 228 g/mol. The summed E-state index contributed by atoms with van der Waals surface area (Å²) >= 11 is 0. The van der Waals surface area contributed by atoms with E-state index in [1.54, 1.807) is 12.1 Å². The normalized spacial score (nSPS) is 13.2. The third-order valence-corrected chi connectivity index (χ3v) is 2.10. The highest BCUT2D eigenvalue weighted by Crippen LogP contribution is 2.27. The van der Waals surface area contributed by atoms with Crippen molar-refractivity contribution in [3.63, 3.8) is 0 Å². The first-order chi connectivity index (χ1) is 7.36. The molecule has 1 rings (SSSR count). The van der Waals surface area contributed by atoms with Crippen LogP contribution in [0.4, 0.5) is 13.2 Å². The number of rotatable bonds is 2. The maximum Gasteiger partial charge on any atom is 0.431 e. The summed E-state index contributed by atoms with van der Waals surface area (Å²) in [6, 6.07) is 6.35. The van der Waals surface area contributed by atoms with Crippen LogP contribution in [0.5, 0.6) is 0 Å². The molecule has 0 aliphatic rings. The standard InChI is InChI=1S/C11H11F3N2/c1-7-2-4-8(5-3-7)9(6-15)10(16)11(12,13)14/h2-6,15H,16H2,1H3. The van der Waals surface area contributed by atoms with Crippen molar-refractivity contribution in [2.75, 3.05) is 0 Å². The molecule has 0 radical (unpaired) electrons. The number of allylic oxidation sites excluding steroid dienone is 2. The minimum atomic E-state index is -4.61. The molecule has 0 amide bonds. The first-order valence-corrected chi connectivity index (χ1v) is 4.50. The third-order valence-electron chi connectivity index (χ3n) is 2.10. The second-order valence-electron chi connectivity index (χ2n) is 3.34.